The molecule has 3 aromatic heterocycles. The average Bonchev–Trinajstić information content (AvgIpc) is 2.62. The number of aryl methyl sites for hydroxylation is 1. The Bertz CT molecular complexity index is 1220. The Morgan fingerprint density at radius 2 is 1.67 bits per heavy atom. The van der Waals surface area contributed by atoms with Crippen molar-refractivity contribution >= 4 is 16.8 Å². The van der Waals surface area contributed by atoms with Crippen LogP contribution in [0.4, 0.5) is 0 Å². The Kier molecular flexibility index (Phi) is 3.66. The zero-order chi connectivity index (χ0) is 19.5. The minimum absolute atomic E-state index is 0.0191. The van der Waals surface area contributed by atoms with Crippen molar-refractivity contribution in [1.82, 2.24) is 14.1 Å². The van der Waals surface area contributed by atoms with Gasteiger partial charge in [-0.05, 0) is 17.4 Å². The molecule has 3 aromatic rings. The number of aromatic nitrogens is 4. The summed E-state index contributed by atoms with van der Waals surface area (Å²) in [7, 11) is 3.04. The van der Waals surface area contributed by atoms with E-state index in [0.717, 1.165) is 10.1 Å². The van der Waals surface area contributed by atoms with Crippen LogP contribution in [0.3, 0.4) is 0 Å². The standard InChI is InChI=1S/C20H20N4O3/c1-20(2)9-12-15(13(25)10-20)14(11-5-7-21-8-6-11)16-17(22-12)23(3)19(27)24(4)18(16)26/h5-8H,9-10H2,1-4H3/p+1. The number of carbonyl (C=O) groups excluding carboxylic acids is 1. The predicted octanol–water partition coefficient (Wildman–Crippen LogP) is 1.27. The third-order valence-corrected chi connectivity index (χ3v) is 5.23. The number of pyridine rings is 2. The molecule has 0 fully saturated rings. The van der Waals surface area contributed by atoms with Crippen LogP contribution >= 0.6 is 0 Å². The van der Waals surface area contributed by atoms with Gasteiger partial charge >= 0.3 is 5.69 Å². The van der Waals surface area contributed by atoms with Gasteiger partial charge in [0, 0.05) is 43.8 Å². The molecule has 0 saturated heterocycles. The second-order valence-corrected chi connectivity index (χ2v) is 7.94. The van der Waals surface area contributed by atoms with Crippen molar-refractivity contribution in [2.75, 3.05) is 0 Å². The number of ketones is 1. The molecule has 0 aliphatic heterocycles. The molecular weight excluding hydrogens is 344 g/mol. The Morgan fingerprint density at radius 3 is 2.33 bits per heavy atom. The van der Waals surface area contributed by atoms with Crippen molar-refractivity contribution in [3.63, 3.8) is 0 Å². The van der Waals surface area contributed by atoms with Crippen LogP contribution in [0, 0.1) is 5.41 Å². The summed E-state index contributed by atoms with van der Waals surface area (Å²) < 4.78 is 2.44. The minimum atomic E-state index is -0.441. The second kappa shape index (κ2) is 5.70. The maximum absolute atomic E-state index is 13.1. The van der Waals surface area contributed by atoms with Gasteiger partial charge in [-0.15, -0.1) is 0 Å². The van der Waals surface area contributed by atoms with E-state index < -0.39 is 11.2 Å². The first-order chi connectivity index (χ1) is 12.7. The van der Waals surface area contributed by atoms with Gasteiger partial charge < -0.3 is 0 Å². The summed E-state index contributed by atoms with van der Waals surface area (Å²) in [6.07, 6.45) is 4.50. The molecule has 0 aromatic carbocycles. The first-order valence-corrected chi connectivity index (χ1v) is 8.83. The Hall–Kier alpha value is -3.09. The van der Waals surface area contributed by atoms with Gasteiger partial charge in [0.25, 0.3) is 5.56 Å². The SMILES string of the molecule is Cn1c(=O)c2c(-c3cc[nH+]cc3)c3c(nc2n(C)c1=O)CC(C)(C)CC3=O. The smallest absolute Gasteiger partial charge is 0.294 e. The summed E-state index contributed by atoms with van der Waals surface area (Å²) in [5.41, 5.74) is 1.69. The fourth-order valence-electron chi connectivity index (χ4n) is 3.95. The molecule has 1 aliphatic carbocycles. The minimum Gasteiger partial charge on any atom is -0.294 e. The molecule has 3 heterocycles. The van der Waals surface area contributed by atoms with Crippen LogP contribution in [0.25, 0.3) is 22.2 Å². The van der Waals surface area contributed by atoms with Gasteiger partial charge in [-0.1, -0.05) is 13.8 Å². The van der Waals surface area contributed by atoms with Crippen LogP contribution in [0.5, 0.6) is 0 Å². The number of fused-ring (bicyclic) bond motifs is 2. The normalized spacial score (nSPS) is 15.8. The molecule has 7 heteroatoms. The monoisotopic (exact) mass is 365 g/mol. The Labute approximate surface area is 155 Å². The van der Waals surface area contributed by atoms with Crippen LogP contribution in [-0.2, 0) is 20.5 Å². The molecule has 0 amide bonds. The zero-order valence-electron chi connectivity index (χ0n) is 15.8. The van der Waals surface area contributed by atoms with E-state index in [1.54, 1.807) is 19.4 Å². The fraction of sp³-hybridized carbons (Fsp3) is 0.350. The molecule has 138 valence electrons. The lowest BCUT2D eigenvalue weighted by atomic mass is 9.73. The molecule has 7 nitrogen and oxygen atoms in total. The molecule has 0 bridgehead atoms. The van der Waals surface area contributed by atoms with E-state index in [4.69, 9.17) is 0 Å². The van der Waals surface area contributed by atoms with E-state index >= 15 is 0 Å². The first-order valence-electron chi connectivity index (χ1n) is 8.83. The van der Waals surface area contributed by atoms with Crippen molar-refractivity contribution in [3.8, 4) is 11.1 Å². The summed E-state index contributed by atoms with van der Waals surface area (Å²) in [6, 6.07) is 3.65. The largest absolute Gasteiger partial charge is 0.332 e. The van der Waals surface area contributed by atoms with Crippen LogP contribution in [0.1, 0.15) is 36.3 Å². The third-order valence-electron chi connectivity index (χ3n) is 5.23. The van der Waals surface area contributed by atoms with E-state index in [2.05, 4.69) is 9.97 Å². The van der Waals surface area contributed by atoms with Crippen molar-refractivity contribution in [2.24, 2.45) is 19.5 Å². The van der Waals surface area contributed by atoms with Gasteiger partial charge in [-0.2, -0.15) is 0 Å². The number of aromatic amines is 1. The lowest BCUT2D eigenvalue weighted by molar-refractivity contribution is -0.377. The summed E-state index contributed by atoms with van der Waals surface area (Å²) in [5, 5.41) is 0.303. The van der Waals surface area contributed by atoms with Gasteiger partial charge in [0.1, 0.15) is 5.65 Å². The highest BCUT2D eigenvalue weighted by Crippen LogP contribution is 2.40. The van der Waals surface area contributed by atoms with Gasteiger partial charge in [-0.25, -0.2) is 14.8 Å². The summed E-state index contributed by atoms with van der Waals surface area (Å²) in [4.78, 5) is 46.1. The third kappa shape index (κ3) is 2.53. The highest BCUT2D eigenvalue weighted by atomic mass is 16.2. The topological polar surface area (TPSA) is 88.1 Å². The lowest BCUT2D eigenvalue weighted by Gasteiger charge is -2.31. The highest BCUT2D eigenvalue weighted by Gasteiger charge is 2.36. The first kappa shape index (κ1) is 17.3. The van der Waals surface area contributed by atoms with E-state index in [1.165, 1.54) is 11.6 Å². The second-order valence-electron chi connectivity index (χ2n) is 7.94. The Balaban J connectivity index is 2.28. The molecule has 1 N–H and O–H groups in total. The van der Waals surface area contributed by atoms with E-state index in [0.29, 0.717) is 40.7 Å². The average molecular weight is 365 g/mol. The lowest BCUT2D eigenvalue weighted by Crippen LogP contribution is -2.38. The van der Waals surface area contributed by atoms with Crippen LogP contribution in [-0.4, -0.2) is 19.9 Å². The number of hydrogen-bond acceptors (Lipinski definition) is 4. The Morgan fingerprint density at radius 1 is 1.00 bits per heavy atom. The summed E-state index contributed by atoms with van der Waals surface area (Å²) in [6.45, 7) is 4.06. The van der Waals surface area contributed by atoms with Crippen molar-refractivity contribution < 1.29 is 9.78 Å². The zero-order valence-corrected chi connectivity index (χ0v) is 15.8. The number of Topliss-reactive ketones (excluding diaryl/α,β-unsaturated/α-hetero) is 1. The van der Waals surface area contributed by atoms with Crippen LogP contribution < -0.4 is 16.2 Å². The van der Waals surface area contributed by atoms with Gasteiger partial charge in [0.2, 0.25) is 0 Å². The highest BCUT2D eigenvalue weighted by molar-refractivity contribution is 6.10. The molecule has 0 radical (unpaired) electrons. The number of hydrogen-bond donors (Lipinski definition) is 0. The van der Waals surface area contributed by atoms with Crippen molar-refractivity contribution in [2.45, 2.75) is 26.7 Å². The van der Waals surface area contributed by atoms with E-state index in [-0.39, 0.29) is 11.2 Å². The fourth-order valence-corrected chi connectivity index (χ4v) is 3.95. The maximum Gasteiger partial charge on any atom is 0.332 e. The molecular formula is C20H21N4O3+. The molecule has 0 atom stereocenters. The summed E-state index contributed by atoms with van der Waals surface area (Å²) in [5.74, 6) is -0.0191. The number of nitrogens with one attached hydrogen (secondary N) is 1. The van der Waals surface area contributed by atoms with Crippen LogP contribution in [0.2, 0.25) is 0 Å². The molecule has 4 rings (SSSR count). The maximum atomic E-state index is 13.1. The van der Waals surface area contributed by atoms with Crippen LogP contribution in [0.15, 0.2) is 34.1 Å². The predicted molar refractivity (Wildman–Crippen MR) is 101 cm³/mol. The number of rotatable bonds is 1. The van der Waals surface area contributed by atoms with E-state index in [1.807, 2.05) is 26.0 Å². The van der Waals surface area contributed by atoms with Crippen molar-refractivity contribution in [3.05, 3.63) is 56.6 Å². The number of carbonyl (C=O) groups is 1. The molecule has 0 unspecified atom stereocenters. The van der Waals surface area contributed by atoms with Gasteiger partial charge in [0.05, 0.1) is 11.1 Å². The molecule has 0 saturated carbocycles. The summed E-state index contributed by atoms with van der Waals surface area (Å²) >= 11 is 0. The molecule has 27 heavy (non-hydrogen) atoms. The number of nitrogens with zero attached hydrogens (tertiary/aromatic N) is 3. The van der Waals surface area contributed by atoms with E-state index in [9.17, 15) is 14.4 Å². The number of H-pyrrole nitrogens is 1. The van der Waals surface area contributed by atoms with Gasteiger partial charge in [-0.3, -0.25) is 18.7 Å². The quantitative estimate of drug-likeness (QED) is 0.650. The molecule has 0 spiro atoms. The van der Waals surface area contributed by atoms with Gasteiger partial charge in [0.15, 0.2) is 18.2 Å². The van der Waals surface area contributed by atoms with Crippen molar-refractivity contribution in [1.29, 1.82) is 0 Å². The molecule has 1 aliphatic rings.